The van der Waals surface area contributed by atoms with Crippen LogP contribution < -0.4 is 5.32 Å². The van der Waals surface area contributed by atoms with Crippen molar-refractivity contribution in [2.75, 3.05) is 6.54 Å². The van der Waals surface area contributed by atoms with Crippen LogP contribution in [0.1, 0.15) is 35.5 Å². The topological polar surface area (TPSA) is 55.1 Å². The maximum Gasteiger partial charge on any atom is 0.289 e. The van der Waals surface area contributed by atoms with E-state index in [-0.39, 0.29) is 5.91 Å². The Balaban J connectivity index is 2.58. The van der Waals surface area contributed by atoms with Gasteiger partial charge in [0.25, 0.3) is 5.91 Å². The molecule has 1 atom stereocenters. The first-order chi connectivity index (χ1) is 7.04. The highest BCUT2D eigenvalue weighted by molar-refractivity contribution is 9.09. The molecule has 1 aromatic rings. The SMILES string of the molecule is CCC(Br)CNC(=O)c1oc(C)nc1C. The van der Waals surface area contributed by atoms with Crippen LogP contribution in [0.3, 0.4) is 0 Å². The number of hydrogen-bond acceptors (Lipinski definition) is 3. The predicted molar refractivity (Wildman–Crippen MR) is 61.3 cm³/mol. The number of aromatic nitrogens is 1. The Labute approximate surface area is 97.6 Å². The van der Waals surface area contributed by atoms with Gasteiger partial charge in [0.15, 0.2) is 5.89 Å². The number of carbonyl (C=O) groups excluding carboxylic acids is 1. The molecule has 0 saturated carbocycles. The molecule has 0 saturated heterocycles. The van der Waals surface area contributed by atoms with Crippen molar-refractivity contribution < 1.29 is 9.21 Å². The Morgan fingerprint density at radius 3 is 2.73 bits per heavy atom. The standard InChI is InChI=1S/C10H15BrN2O2/c1-4-8(11)5-12-10(14)9-6(2)13-7(3)15-9/h8H,4-5H2,1-3H3,(H,12,14). The number of halogens is 1. The predicted octanol–water partition coefficient (Wildman–Crippen LogP) is 2.19. The third-order valence-corrected chi connectivity index (χ3v) is 3.01. The second kappa shape index (κ2) is 5.30. The second-order valence-corrected chi connectivity index (χ2v) is 4.66. The Morgan fingerprint density at radius 1 is 1.60 bits per heavy atom. The van der Waals surface area contributed by atoms with E-state index in [9.17, 15) is 4.79 Å². The third-order valence-electron chi connectivity index (χ3n) is 2.04. The first-order valence-corrected chi connectivity index (χ1v) is 5.82. The summed E-state index contributed by atoms with van der Waals surface area (Å²) in [6.45, 7) is 6.13. The van der Waals surface area contributed by atoms with Gasteiger partial charge in [0, 0.05) is 18.3 Å². The van der Waals surface area contributed by atoms with Crippen LogP contribution in [-0.2, 0) is 0 Å². The lowest BCUT2D eigenvalue weighted by atomic mass is 10.3. The van der Waals surface area contributed by atoms with Crippen LogP contribution in [0.4, 0.5) is 0 Å². The number of nitrogens with one attached hydrogen (secondary N) is 1. The fourth-order valence-electron chi connectivity index (χ4n) is 1.17. The number of rotatable bonds is 4. The molecule has 5 heteroatoms. The molecule has 1 aromatic heterocycles. The molecule has 0 aliphatic rings. The number of aryl methyl sites for hydroxylation is 2. The number of alkyl halides is 1. The maximum atomic E-state index is 11.6. The van der Waals surface area contributed by atoms with Crippen LogP contribution >= 0.6 is 15.9 Å². The smallest absolute Gasteiger partial charge is 0.289 e. The zero-order chi connectivity index (χ0) is 11.4. The van der Waals surface area contributed by atoms with Crippen LogP contribution in [0, 0.1) is 13.8 Å². The van der Waals surface area contributed by atoms with Crippen molar-refractivity contribution in [3.63, 3.8) is 0 Å². The van der Waals surface area contributed by atoms with Gasteiger partial charge in [-0.1, -0.05) is 22.9 Å². The summed E-state index contributed by atoms with van der Waals surface area (Å²) in [7, 11) is 0. The minimum Gasteiger partial charge on any atom is -0.436 e. The average Bonchev–Trinajstić information content (AvgIpc) is 2.53. The van der Waals surface area contributed by atoms with Crippen LogP contribution in [0.5, 0.6) is 0 Å². The molecule has 0 fully saturated rings. The molecule has 1 rings (SSSR count). The van der Waals surface area contributed by atoms with E-state index in [1.807, 2.05) is 0 Å². The zero-order valence-corrected chi connectivity index (χ0v) is 10.7. The molecular formula is C10H15BrN2O2. The summed E-state index contributed by atoms with van der Waals surface area (Å²) in [5.41, 5.74) is 0.632. The van der Waals surface area contributed by atoms with E-state index in [2.05, 4.69) is 33.2 Å². The van der Waals surface area contributed by atoms with Gasteiger partial charge in [0.1, 0.15) is 0 Å². The van der Waals surface area contributed by atoms with Crippen LogP contribution in [-0.4, -0.2) is 22.3 Å². The van der Waals surface area contributed by atoms with Gasteiger partial charge in [0.05, 0.1) is 5.69 Å². The molecule has 1 heterocycles. The van der Waals surface area contributed by atoms with Gasteiger partial charge in [-0.15, -0.1) is 0 Å². The summed E-state index contributed by atoms with van der Waals surface area (Å²) in [5.74, 6) is 0.623. The summed E-state index contributed by atoms with van der Waals surface area (Å²) < 4.78 is 5.20. The third kappa shape index (κ3) is 3.34. The highest BCUT2D eigenvalue weighted by Gasteiger charge is 2.15. The normalized spacial score (nSPS) is 12.5. The van der Waals surface area contributed by atoms with Crippen LogP contribution in [0.25, 0.3) is 0 Å². The van der Waals surface area contributed by atoms with E-state index in [1.54, 1.807) is 13.8 Å². The van der Waals surface area contributed by atoms with Crippen LogP contribution in [0.15, 0.2) is 4.42 Å². The molecule has 1 unspecified atom stereocenters. The summed E-state index contributed by atoms with van der Waals surface area (Å²) in [6.07, 6.45) is 0.967. The second-order valence-electron chi connectivity index (χ2n) is 3.36. The highest BCUT2D eigenvalue weighted by Crippen LogP contribution is 2.09. The van der Waals surface area contributed by atoms with Gasteiger partial charge in [0.2, 0.25) is 5.76 Å². The molecule has 0 radical (unpaired) electrons. The van der Waals surface area contributed by atoms with Crippen molar-refractivity contribution in [3.8, 4) is 0 Å². The quantitative estimate of drug-likeness (QED) is 0.857. The van der Waals surface area contributed by atoms with Gasteiger partial charge in [-0.3, -0.25) is 4.79 Å². The van der Waals surface area contributed by atoms with Crippen molar-refractivity contribution in [2.45, 2.75) is 32.0 Å². The van der Waals surface area contributed by atoms with Crippen LogP contribution in [0.2, 0.25) is 0 Å². The molecular weight excluding hydrogens is 260 g/mol. The summed E-state index contributed by atoms with van der Waals surface area (Å²) in [5, 5.41) is 2.78. The summed E-state index contributed by atoms with van der Waals surface area (Å²) >= 11 is 3.44. The number of amides is 1. The van der Waals surface area contributed by atoms with Gasteiger partial charge < -0.3 is 9.73 Å². The van der Waals surface area contributed by atoms with Gasteiger partial charge in [-0.05, 0) is 13.3 Å². The minimum atomic E-state index is -0.203. The minimum absolute atomic E-state index is 0.203. The van der Waals surface area contributed by atoms with E-state index in [0.717, 1.165) is 6.42 Å². The summed E-state index contributed by atoms with van der Waals surface area (Å²) in [4.78, 5) is 16.0. The lowest BCUT2D eigenvalue weighted by Gasteiger charge is -2.07. The Morgan fingerprint density at radius 2 is 2.27 bits per heavy atom. The number of oxazole rings is 1. The zero-order valence-electron chi connectivity index (χ0n) is 9.13. The lowest BCUT2D eigenvalue weighted by molar-refractivity contribution is 0.0924. The van der Waals surface area contributed by atoms with Gasteiger partial charge in [-0.25, -0.2) is 4.98 Å². The van der Waals surface area contributed by atoms with Crippen molar-refractivity contribution in [2.24, 2.45) is 0 Å². The van der Waals surface area contributed by atoms with Crippen molar-refractivity contribution in [1.82, 2.24) is 10.3 Å². The van der Waals surface area contributed by atoms with E-state index in [1.165, 1.54) is 0 Å². The van der Waals surface area contributed by atoms with E-state index in [0.29, 0.717) is 28.7 Å². The molecule has 84 valence electrons. The molecule has 15 heavy (non-hydrogen) atoms. The van der Waals surface area contributed by atoms with Crippen molar-refractivity contribution in [1.29, 1.82) is 0 Å². The molecule has 0 spiro atoms. The van der Waals surface area contributed by atoms with Crippen molar-refractivity contribution in [3.05, 3.63) is 17.3 Å². The fraction of sp³-hybridized carbons (Fsp3) is 0.600. The Hall–Kier alpha value is -0.840. The number of nitrogens with zero attached hydrogens (tertiary/aromatic N) is 1. The summed E-state index contributed by atoms with van der Waals surface area (Å²) in [6, 6.07) is 0. The maximum absolute atomic E-state index is 11.6. The van der Waals surface area contributed by atoms with Gasteiger partial charge >= 0.3 is 0 Å². The van der Waals surface area contributed by atoms with Crippen molar-refractivity contribution >= 4 is 21.8 Å². The molecule has 0 aromatic carbocycles. The first kappa shape index (κ1) is 12.2. The number of carbonyl (C=O) groups is 1. The first-order valence-electron chi connectivity index (χ1n) is 4.90. The molecule has 4 nitrogen and oxygen atoms in total. The molecule has 0 aliphatic heterocycles. The fourth-order valence-corrected chi connectivity index (χ4v) is 1.33. The lowest BCUT2D eigenvalue weighted by Crippen LogP contribution is -2.29. The van der Waals surface area contributed by atoms with E-state index < -0.39 is 0 Å². The average molecular weight is 275 g/mol. The van der Waals surface area contributed by atoms with E-state index >= 15 is 0 Å². The molecule has 0 bridgehead atoms. The largest absolute Gasteiger partial charge is 0.436 e. The Bertz CT molecular complexity index is 349. The highest BCUT2D eigenvalue weighted by atomic mass is 79.9. The Kier molecular flexibility index (Phi) is 4.32. The molecule has 0 aliphatic carbocycles. The molecule has 1 amide bonds. The molecule has 1 N–H and O–H groups in total. The number of hydrogen-bond donors (Lipinski definition) is 1. The van der Waals surface area contributed by atoms with E-state index in [4.69, 9.17) is 4.42 Å². The monoisotopic (exact) mass is 274 g/mol. The van der Waals surface area contributed by atoms with Gasteiger partial charge in [-0.2, -0.15) is 0 Å².